The van der Waals surface area contributed by atoms with E-state index in [0.29, 0.717) is 35.0 Å². The molecule has 1 atom stereocenters. The maximum absolute atomic E-state index is 13.1. The number of nitrogens with one attached hydrogen (secondary N) is 3. The number of carbonyl (C=O) groups excluding carboxylic acids is 2. The number of hydrogen-bond donors (Lipinski definition) is 3. The van der Waals surface area contributed by atoms with E-state index in [1.54, 1.807) is 39.2 Å². The summed E-state index contributed by atoms with van der Waals surface area (Å²) in [7, 11) is 1.59. The van der Waals surface area contributed by atoms with Gasteiger partial charge in [-0.25, -0.2) is 9.66 Å². The summed E-state index contributed by atoms with van der Waals surface area (Å²) in [6.45, 7) is 5.40. The Labute approximate surface area is 219 Å². The maximum Gasteiger partial charge on any atom is 0.312 e. The van der Waals surface area contributed by atoms with Crippen molar-refractivity contribution >= 4 is 29.2 Å². The first-order chi connectivity index (χ1) is 17.7. The van der Waals surface area contributed by atoms with Crippen LogP contribution in [-0.2, 0) is 22.7 Å². The van der Waals surface area contributed by atoms with Crippen molar-refractivity contribution in [3.63, 3.8) is 0 Å². The van der Waals surface area contributed by atoms with Crippen LogP contribution in [0.5, 0.6) is 11.5 Å². The number of methoxy groups -OCH3 is 1. The van der Waals surface area contributed by atoms with Crippen molar-refractivity contribution in [3.05, 3.63) is 80.9 Å². The lowest BCUT2D eigenvalue weighted by atomic mass is 10.2. The van der Waals surface area contributed by atoms with Gasteiger partial charge in [-0.3, -0.25) is 19.8 Å². The van der Waals surface area contributed by atoms with E-state index in [-0.39, 0.29) is 18.3 Å². The summed E-state index contributed by atoms with van der Waals surface area (Å²) in [6.07, 6.45) is 0.910. The molecule has 196 valence electrons. The van der Waals surface area contributed by atoms with E-state index in [0.717, 1.165) is 16.0 Å². The summed E-state index contributed by atoms with van der Waals surface area (Å²) < 4.78 is 12.3. The molecule has 0 spiro atoms. The van der Waals surface area contributed by atoms with Gasteiger partial charge in [0.25, 0.3) is 5.91 Å². The molecule has 3 rings (SSSR count). The molecule has 11 heteroatoms. The second kappa shape index (κ2) is 12.8. The summed E-state index contributed by atoms with van der Waals surface area (Å²) in [6, 6.07) is 12.3. The molecule has 0 saturated carbocycles. The van der Waals surface area contributed by atoms with Crippen molar-refractivity contribution in [2.24, 2.45) is 0 Å². The zero-order valence-electron chi connectivity index (χ0n) is 21.1. The monoisotopic (exact) mass is 527 g/mol. The normalized spacial score (nSPS) is 11.4. The van der Waals surface area contributed by atoms with E-state index >= 15 is 0 Å². The lowest BCUT2D eigenvalue weighted by molar-refractivity contribution is -0.124. The van der Waals surface area contributed by atoms with Crippen LogP contribution in [0.1, 0.15) is 37.1 Å². The molecule has 2 aromatic carbocycles. The average Bonchev–Trinajstić information content (AvgIpc) is 2.89. The zero-order chi connectivity index (χ0) is 26.9. The number of nitrogens with zero attached hydrogens (tertiary/aromatic N) is 2. The van der Waals surface area contributed by atoms with Crippen LogP contribution >= 0.6 is 11.6 Å². The van der Waals surface area contributed by atoms with Crippen LogP contribution < -0.4 is 31.1 Å². The molecule has 0 aliphatic carbocycles. The predicted octanol–water partition coefficient (Wildman–Crippen LogP) is 3.39. The maximum atomic E-state index is 13.1. The molecule has 3 aromatic rings. The number of amides is 2. The van der Waals surface area contributed by atoms with E-state index in [2.05, 4.69) is 21.0 Å². The number of rotatable bonds is 11. The highest BCUT2D eigenvalue weighted by atomic mass is 35.5. The summed E-state index contributed by atoms with van der Waals surface area (Å²) in [5, 5.41) is 6.18. The smallest absolute Gasteiger partial charge is 0.312 e. The molecule has 0 aliphatic heterocycles. The number of carbonyl (C=O) groups is 2. The third-order valence-electron chi connectivity index (χ3n) is 5.46. The van der Waals surface area contributed by atoms with Crippen LogP contribution in [0.15, 0.2) is 53.5 Å². The van der Waals surface area contributed by atoms with E-state index in [1.165, 1.54) is 13.1 Å². The molecule has 0 saturated heterocycles. The largest absolute Gasteiger partial charge is 0.497 e. The fraction of sp³-hybridized carbons (Fsp3) is 0.308. The molecule has 3 N–H and O–H groups in total. The topological polar surface area (TPSA) is 124 Å². The number of hydrogen-bond acceptors (Lipinski definition) is 7. The van der Waals surface area contributed by atoms with Gasteiger partial charge in [0.1, 0.15) is 11.5 Å². The first-order valence-corrected chi connectivity index (χ1v) is 12.1. The summed E-state index contributed by atoms with van der Waals surface area (Å²) in [5.41, 5.74) is 4.12. The first-order valence-electron chi connectivity index (χ1n) is 11.7. The lowest BCUT2D eigenvalue weighted by Crippen LogP contribution is -2.42. The summed E-state index contributed by atoms with van der Waals surface area (Å²) in [4.78, 5) is 41.7. The van der Waals surface area contributed by atoms with Gasteiger partial charge in [-0.2, -0.15) is 0 Å². The van der Waals surface area contributed by atoms with Gasteiger partial charge in [-0.15, -0.1) is 0 Å². The number of anilines is 1. The van der Waals surface area contributed by atoms with E-state index in [4.69, 9.17) is 21.1 Å². The van der Waals surface area contributed by atoms with Crippen molar-refractivity contribution < 1.29 is 19.1 Å². The number of ether oxygens (including phenoxy) is 2. The molecule has 10 nitrogen and oxygen atoms in total. The Hall–Kier alpha value is -4.05. The van der Waals surface area contributed by atoms with E-state index in [9.17, 15) is 14.4 Å². The molecule has 0 fully saturated rings. The zero-order valence-corrected chi connectivity index (χ0v) is 21.9. The molecule has 0 radical (unpaired) electrons. The second-order valence-corrected chi connectivity index (χ2v) is 8.68. The van der Waals surface area contributed by atoms with Gasteiger partial charge >= 0.3 is 5.56 Å². The third-order valence-corrected chi connectivity index (χ3v) is 5.70. The van der Waals surface area contributed by atoms with Crippen LogP contribution in [0, 0.1) is 6.92 Å². The minimum atomic E-state index is -0.910. The third kappa shape index (κ3) is 7.47. The Morgan fingerprint density at radius 2 is 1.86 bits per heavy atom. The highest BCUT2D eigenvalue weighted by Gasteiger charge is 2.22. The van der Waals surface area contributed by atoms with Crippen molar-refractivity contribution in [2.75, 3.05) is 17.9 Å². The molecule has 1 aromatic heterocycles. The van der Waals surface area contributed by atoms with Gasteiger partial charge in [0, 0.05) is 30.6 Å². The standard InChI is InChI=1S/C26H30ClN5O5/c1-5-22(37-23-11-8-20(27)12-19(23)15-28-17(3)33)25(34)31-32-16(2)13-29-24(26(32)35)30-14-18-6-9-21(36-4)10-7-18/h6-13,22H,5,14-15H2,1-4H3,(H,28,33)(H,29,30)(H,31,34). The molecule has 1 unspecified atom stereocenters. The molecule has 37 heavy (non-hydrogen) atoms. The Balaban J connectivity index is 1.74. The first kappa shape index (κ1) is 27.5. The molecule has 1 heterocycles. The summed E-state index contributed by atoms with van der Waals surface area (Å²) >= 11 is 6.10. The van der Waals surface area contributed by atoms with Gasteiger partial charge < -0.3 is 20.1 Å². The SMILES string of the molecule is CCC(Oc1ccc(Cl)cc1CNC(C)=O)C(=O)Nn1c(C)cnc(NCc2ccc(OC)cc2)c1=O. The number of aryl methyl sites for hydroxylation is 1. The quantitative estimate of drug-likeness (QED) is 0.349. The Bertz CT molecular complexity index is 1310. The Morgan fingerprint density at radius 1 is 1.14 bits per heavy atom. The fourth-order valence-electron chi connectivity index (χ4n) is 3.40. The summed E-state index contributed by atoms with van der Waals surface area (Å²) in [5.74, 6) is 0.502. The van der Waals surface area contributed by atoms with Crippen molar-refractivity contribution in [1.82, 2.24) is 15.0 Å². The van der Waals surface area contributed by atoms with Gasteiger partial charge in [0.2, 0.25) is 5.91 Å². The van der Waals surface area contributed by atoms with Crippen LogP contribution in [0.2, 0.25) is 5.02 Å². The Morgan fingerprint density at radius 3 is 2.51 bits per heavy atom. The highest BCUT2D eigenvalue weighted by molar-refractivity contribution is 6.30. The molecular weight excluding hydrogens is 498 g/mol. The van der Waals surface area contributed by atoms with Crippen LogP contribution in [0.25, 0.3) is 0 Å². The van der Waals surface area contributed by atoms with Gasteiger partial charge in [0.05, 0.1) is 19.0 Å². The second-order valence-electron chi connectivity index (χ2n) is 8.24. The van der Waals surface area contributed by atoms with Crippen LogP contribution in [-0.4, -0.2) is 34.7 Å². The average molecular weight is 528 g/mol. The van der Waals surface area contributed by atoms with Crippen LogP contribution in [0.4, 0.5) is 5.82 Å². The van der Waals surface area contributed by atoms with Crippen LogP contribution in [0.3, 0.4) is 0 Å². The number of aromatic nitrogens is 2. The van der Waals surface area contributed by atoms with Crippen molar-refractivity contribution in [1.29, 1.82) is 0 Å². The van der Waals surface area contributed by atoms with Gasteiger partial charge in [-0.1, -0.05) is 30.7 Å². The van der Waals surface area contributed by atoms with E-state index < -0.39 is 17.6 Å². The minimum absolute atomic E-state index is 0.0889. The van der Waals surface area contributed by atoms with E-state index in [1.807, 2.05) is 24.3 Å². The number of benzene rings is 2. The molecule has 2 amide bonds. The van der Waals surface area contributed by atoms with Crippen molar-refractivity contribution in [2.45, 2.75) is 46.4 Å². The van der Waals surface area contributed by atoms with Gasteiger partial charge in [-0.05, 0) is 49.2 Å². The Kier molecular flexibility index (Phi) is 9.51. The number of halogens is 1. The van der Waals surface area contributed by atoms with Crippen molar-refractivity contribution in [3.8, 4) is 11.5 Å². The molecular formula is C26H30ClN5O5. The predicted molar refractivity (Wildman–Crippen MR) is 142 cm³/mol. The lowest BCUT2D eigenvalue weighted by Gasteiger charge is -2.21. The highest BCUT2D eigenvalue weighted by Crippen LogP contribution is 2.24. The van der Waals surface area contributed by atoms with Gasteiger partial charge in [0.15, 0.2) is 11.9 Å². The molecule has 0 bridgehead atoms. The fourth-order valence-corrected chi connectivity index (χ4v) is 3.60. The molecule has 0 aliphatic rings. The minimum Gasteiger partial charge on any atom is -0.497 e.